The van der Waals surface area contributed by atoms with Crippen molar-refractivity contribution in [3.05, 3.63) is 22.7 Å². The monoisotopic (exact) mass is 379 g/mol. The van der Waals surface area contributed by atoms with Gasteiger partial charge < -0.3 is 25.8 Å². The number of primary amides is 1. The molecule has 8 heteroatoms. The van der Waals surface area contributed by atoms with Crippen molar-refractivity contribution in [1.82, 2.24) is 4.90 Å². The van der Waals surface area contributed by atoms with Gasteiger partial charge in [-0.15, -0.1) is 12.4 Å². The van der Waals surface area contributed by atoms with E-state index in [1.54, 1.807) is 6.07 Å². The highest BCUT2D eigenvalue weighted by molar-refractivity contribution is 6.32. The topological polar surface area (TPSA) is 90.8 Å². The second-order valence-corrected chi connectivity index (χ2v) is 6.81. The van der Waals surface area contributed by atoms with Crippen molar-refractivity contribution >= 4 is 29.9 Å². The summed E-state index contributed by atoms with van der Waals surface area (Å²) in [5.74, 6) is 0.220. The van der Waals surface area contributed by atoms with Crippen LogP contribution >= 0.6 is 24.0 Å². The highest BCUT2D eigenvalue weighted by Gasteiger charge is 2.19. The number of methoxy groups -OCH3 is 1. The molecule has 0 heterocycles. The zero-order valence-electron chi connectivity index (χ0n) is 14.6. The minimum absolute atomic E-state index is 0. The fourth-order valence-corrected chi connectivity index (χ4v) is 2.60. The number of hydrogen-bond donors (Lipinski definition) is 2. The maximum absolute atomic E-state index is 10.9. The molecule has 0 unspecified atom stereocenters. The van der Waals surface area contributed by atoms with Crippen molar-refractivity contribution in [3.63, 3.8) is 0 Å². The van der Waals surface area contributed by atoms with Crippen molar-refractivity contribution in [2.24, 2.45) is 16.9 Å². The van der Waals surface area contributed by atoms with Crippen LogP contribution in [-0.4, -0.2) is 44.7 Å². The predicted molar refractivity (Wildman–Crippen MR) is 99.1 cm³/mol. The van der Waals surface area contributed by atoms with E-state index in [0.717, 1.165) is 12.1 Å². The Balaban J connectivity index is 0.00000529. The fraction of sp³-hybridized carbons (Fsp3) is 0.562. The normalized spacial score (nSPS) is 11.1. The molecular weight excluding hydrogens is 353 g/mol. The molecule has 6 nitrogen and oxygen atoms in total. The molecule has 1 amide bonds. The van der Waals surface area contributed by atoms with Crippen molar-refractivity contribution < 1.29 is 14.3 Å². The fourth-order valence-electron chi connectivity index (χ4n) is 2.31. The van der Waals surface area contributed by atoms with Crippen molar-refractivity contribution in [1.29, 1.82) is 0 Å². The van der Waals surface area contributed by atoms with Gasteiger partial charge in [-0.1, -0.05) is 25.4 Å². The van der Waals surface area contributed by atoms with Crippen LogP contribution in [0.25, 0.3) is 0 Å². The average Bonchev–Trinajstić information content (AvgIpc) is 2.44. The summed E-state index contributed by atoms with van der Waals surface area (Å²) >= 11 is 6.24. The molecule has 0 atom stereocenters. The lowest BCUT2D eigenvalue weighted by Crippen LogP contribution is -2.36. The standard InChI is InChI=1S/C16H26ClN3O3.ClH/c1-16(2,9-18)10-20(3)7-11-5-12(17)15(13(6-11)22-4)23-8-14(19)21;/h5-6H,7-10,18H2,1-4H3,(H2,19,21);1H. The van der Waals surface area contributed by atoms with Crippen molar-refractivity contribution in [2.45, 2.75) is 20.4 Å². The molecule has 0 aliphatic carbocycles. The van der Waals surface area contributed by atoms with Crippen molar-refractivity contribution in [2.75, 3.05) is 33.9 Å². The molecule has 0 spiro atoms. The summed E-state index contributed by atoms with van der Waals surface area (Å²) in [6.45, 7) is 6.15. The van der Waals surface area contributed by atoms with Gasteiger partial charge in [0, 0.05) is 13.1 Å². The lowest BCUT2D eigenvalue weighted by Gasteiger charge is -2.29. The Morgan fingerprint density at radius 3 is 2.50 bits per heavy atom. The van der Waals surface area contributed by atoms with E-state index in [-0.39, 0.29) is 24.4 Å². The number of carbonyl (C=O) groups is 1. The highest BCUT2D eigenvalue weighted by Crippen LogP contribution is 2.36. The number of carbonyl (C=O) groups excluding carboxylic acids is 1. The van der Waals surface area contributed by atoms with Crippen LogP contribution in [0.5, 0.6) is 11.5 Å². The Morgan fingerprint density at radius 1 is 1.38 bits per heavy atom. The van der Waals surface area contributed by atoms with Crippen LogP contribution in [0.3, 0.4) is 0 Å². The number of halogens is 2. The summed E-state index contributed by atoms with van der Waals surface area (Å²) in [6, 6.07) is 3.64. The molecule has 138 valence electrons. The van der Waals surface area contributed by atoms with Gasteiger partial charge in [-0.05, 0) is 36.7 Å². The van der Waals surface area contributed by atoms with Gasteiger partial charge in [-0.3, -0.25) is 4.79 Å². The number of benzene rings is 1. The third kappa shape index (κ3) is 7.13. The summed E-state index contributed by atoms with van der Waals surface area (Å²) in [6.07, 6.45) is 0. The summed E-state index contributed by atoms with van der Waals surface area (Å²) in [4.78, 5) is 13.0. The Kier molecular flexibility index (Phi) is 9.43. The maximum atomic E-state index is 10.9. The summed E-state index contributed by atoms with van der Waals surface area (Å²) < 4.78 is 10.6. The molecule has 1 aromatic rings. The van der Waals surface area contributed by atoms with E-state index in [0.29, 0.717) is 29.6 Å². The Labute approximate surface area is 154 Å². The zero-order chi connectivity index (χ0) is 17.6. The lowest BCUT2D eigenvalue weighted by molar-refractivity contribution is -0.119. The van der Waals surface area contributed by atoms with Gasteiger partial charge in [0.15, 0.2) is 18.1 Å². The van der Waals surface area contributed by atoms with E-state index in [1.807, 2.05) is 13.1 Å². The number of ether oxygens (including phenoxy) is 2. The van der Waals surface area contributed by atoms with Gasteiger partial charge in [0.1, 0.15) is 0 Å². The molecule has 0 saturated heterocycles. The molecule has 0 radical (unpaired) electrons. The van der Waals surface area contributed by atoms with Crippen LogP contribution in [0.15, 0.2) is 12.1 Å². The smallest absolute Gasteiger partial charge is 0.255 e. The highest BCUT2D eigenvalue weighted by atomic mass is 35.5. The van der Waals surface area contributed by atoms with E-state index < -0.39 is 5.91 Å². The molecule has 0 fully saturated rings. The van der Waals surface area contributed by atoms with E-state index in [4.69, 9.17) is 32.5 Å². The Hall–Kier alpha value is -1.21. The van der Waals surface area contributed by atoms with Gasteiger partial charge in [0.2, 0.25) is 0 Å². The first-order chi connectivity index (χ1) is 10.7. The number of nitrogens with two attached hydrogens (primary N) is 2. The summed E-state index contributed by atoms with van der Waals surface area (Å²) in [7, 11) is 3.54. The number of hydrogen-bond acceptors (Lipinski definition) is 5. The van der Waals surface area contributed by atoms with Crippen molar-refractivity contribution in [3.8, 4) is 11.5 Å². The SMILES string of the molecule is COc1cc(CN(C)CC(C)(C)CN)cc(Cl)c1OCC(N)=O.Cl. The summed E-state index contributed by atoms with van der Waals surface area (Å²) in [5.41, 5.74) is 11.9. The zero-order valence-corrected chi connectivity index (χ0v) is 16.2. The van der Waals surface area contributed by atoms with Gasteiger partial charge in [0.25, 0.3) is 5.91 Å². The van der Waals surface area contributed by atoms with Crippen LogP contribution in [0, 0.1) is 5.41 Å². The third-order valence-electron chi connectivity index (χ3n) is 3.35. The summed E-state index contributed by atoms with van der Waals surface area (Å²) in [5, 5.41) is 0.382. The predicted octanol–water partition coefficient (Wildman–Crippen LogP) is 2.05. The molecule has 0 aliphatic rings. The van der Waals surface area contributed by atoms with E-state index in [9.17, 15) is 4.79 Å². The quantitative estimate of drug-likeness (QED) is 0.684. The number of nitrogens with zero attached hydrogens (tertiary/aromatic N) is 1. The average molecular weight is 380 g/mol. The van der Waals surface area contributed by atoms with E-state index >= 15 is 0 Å². The van der Waals surface area contributed by atoms with Crippen LogP contribution in [0.2, 0.25) is 5.02 Å². The van der Waals surface area contributed by atoms with Gasteiger partial charge in [0.05, 0.1) is 12.1 Å². The van der Waals surface area contributed by atoms with E-state index in [1.165, 1.54) is 7.11 Å². The Bertz CT molecular complexity index is 554. The van der Waals surface area contributed by atoms with Crippen LogP contribution in [0.1, 0.15) is 19.4 Å². The molecule has 0 aliphatic heterocycles. The minimum Gasteiger partial charge on any atom is -0.493 e. The first-order valence-electron chi connectivity index (χ1n) is 7.34. The molecule has 0 aromatic heterocycles. The first kappa shape index (κ1) is 22.8. The number of rotatable bonds is 9. The molecule has 24 heavy (non-hydrogen) atoms. The molecule has 4 N–H and O–H groups in total. The maximum Gasteiger partial charge on any atom is 0.255 e. The molecular formula is C16H27Cl2N3O3. The first-order valence-corrected chi connectivity index (χ1v) is 7.72. The van der Waals surface area contributed by atoms with Gasteiger partial charge in [-0.2, -0.15) is 0 Å². The minimum atomic E-state index is -0.573. The van der Waals surface area contributed by atoms with Crippen LogP contribution in [0.4, 0.5) is 0 Å². The molecule has 1 rings (SSSR count). The van der Waals surface area contributed by atoms with Crippen LogP contribution < -0.4 is 20.9 Å². The van der Waals surface area contributed by atoms with Gasteiger partial charge >= 0.3 is 0 Å². The lowest BCUT2D eigenvalue weighted by atomic mass is 9.93. The molecule has 0 bridgehead atoms. The van der Waals surface area contributed by atoms with Gasteiger partial charge in [-0.25, -0.2) is 0 Å². The Morgan fingerprint density at radius 2 is 2.00 bits per heavy atom. The second-order valence-electron chi connectivity index (χ2n) is 6.40. The number of amides is 1. The third-order valence-corrected chi connectivity index (χ3v) is 3.63. The molecule has 1 aromatic carbocycles. The van der Waals surface area contributed by atoms with E-state index in [2.05, 4.69) is 18.7 Å². The second kappa shape index (κ2) is 9.93. The largest absolute Gasteiger partial charge is 0.493 e. The molecule has 0 saturated carbocycles. The van der Waals surface area contributed by atoms with Crippen LogP contribution in [-0.2, 0) is 11.3 Å².